The maximum absolute atomic E-state index is 13.1. The Balaban J connectivity index is 3.23. The molecule has 1 N–H and O–H groups in total. The molecule has 0 unspecified atom stereocenters. The normalized spacial score (nSPS) is 11.6. The fraction of sp³-hybridized carbons (Fsp3) is 0.375. The number of aliphatic hydroxyl groups excluding tert-OH is 1. The van der Waals surface area contributed by atoms with Gasteiger partial charge in [0.15, 0.2) is 11.6 Å². The van der Waals surface area contributed by atoms with Gasteiger partial charge in [0.05, 0.1) is 18.5 Å². The minimum Gasteiger partial charge on any atom is -0.402 e. The second kappa shape index (κ2) is 4.96. The largest absolute Gasteiger partial charge is 0.573 e. The zero-order valence-corrected chi connectivity index (χ0v) is 9.27. The molecule has 0 aliphatic carbocycles. The van der Waals surface area contributed by atoms with Crippen molar-refractivity contribution in [2.45, 2.75) is 18.3 Å². The Morgan fingerprint density at radius 2 is 2.06 bits per heavy atom. The molecule has 0 saturated carbocycles. The van der Waals surface area contributed by atoms with E-state index >= 15 is 0 Å². The Hall–Kier alpha value is -0.890. The highest BCUT2D eigenvalue weighted by Gasteiger charge is 2.34. The predicted octanol–water partition coefficient (Wildman–Crippen LogP) is 2.51. The standard InChI is InChI=1S/C8H6BrF4NO2/c9-1-6-4(3-15)7(5(10)2-14-6)16-8(11,12)13/h2,15H,1,3H2. The molecule has 90 valence electrons. The average molecular weight is 304 g/mol. The maximum atomic E-state index is 13.1. The van der Waals surface area contributed by atoms with Crippen LogP contribution < -0.4 is 4.74 Å². The summed E-state index contributed by atoms with van der Waals surface area (Å²) < 4.78 is 52.5. The summed E-state index contributed by atoms with van der Waals surface area (Å²) in [4.78, 5) is 3.53. The number of pyridine rings is 1. The zero-order chi connectivity index (χ0) is 12.3. The number of ether oxygens (including phenoxy) is 1. The Bertz CT molecular complexity index is 383. The molecule has 0 fully saturated rings. The molecule has 1 aromatic rings. The first-order chi connectivity index (χ1) is 7.39. The van der Waals surface area contributed by atoms with Crippen molar-refractivity contribution in [1.82, 2.24) is 4.98 Å². The number of hydrogen-bond acceptors (Lipinski definition) is 3. The highest BCUT2D eigenvalue weighted by atomic mass is 79.9. The number of nitrogens with zero attached hydrogens (tertiary/aromatic N) is 1. The van der Waals surface area contributed by atoms with E-state index in [9.17, 15) is 17.6 Å². The molecule has 0 aromatic carbocycles. The number of aliphatic hydroxyl groups is 1. The monoisotopic (exact) mass is 303 g/mol. The molecule has 0 saturated heterocycles. The van der Waals surface area contributed by atoms with Gasteiger partial charge in [0.1, 0.15) is 0 Å². The molecule has 0 aliphatic rings. The van der Waals surface area contributed by atoms with Crippen LogP contribution in [0.5, 0.6) is 5.75 Å². The molecule has 1 rings (SSSR count). The molecule has 0 aliphatic heterocycles. The van der Waals surface area contributed by atoms with Crippen LogP contribution in [-0.2, 0) is 11.9 Å². The highest BCUT2D eigenvalue weighted by Crippen LogP contribution is 2.31. The Morgan fingerprint density at radius 1 is 1.44 bits per heavy atom. The van der Waals surface area contributed by atoms with Crippen molar-refractivity contribution < 1.29 is 27.4 Å². The van der Waals surface area contributed by atoms with Gasteiger partial charge in [-0.1, -0.05) is 15.9 Å². The minimum absolute atomic E-state index is 0.0807. The molecular weight excluding hydrogens is 298 g/mol. The van der Waals surface area contributed by atoms with Gasteiger partial charge in [0, 0.05) is 10.9 Å². The predicted molar refractivity (Wildman–Crippen MR) is 49.4 cm³/mol. The van der Waals surface area contributed by atoms with Crippen molar-refractivity contribution in [2.75, 3.05) is 0 Å². The van der Waals surface area contributed by atoms with Crippen molar-refractivity contribution in [2.24, 2.45) is 0 Å². The van der Waals surface area contributed by atoms with E-state index in [1.165, 1.54) is 0 Å². The molecular formula is C8H6BrF4NO2. The summed E-state index contributed by atoms with van der Waals surface area (Å²) in [6.07, 6.45) is -4.41. The molecule has 16 heavy (non-hydrogen) atoms. The summed E-state index contributed by atoms with van der Waals surface area (Å²) in [5.41, 5.74) is -0.239. The molecule has 3 nitrogen and oxygen atoms in total. The van der Waals surface area contributed by atoms with E-state index in [-0.39, 0.29) is 16.6 Å². The quantitative estimate of drug-likeness (QED) is 0.689. The fourth-order valence-electron chi connectivity index (χ4n) is 1.05. The summed E-state index contributed by atoms with van der Waals surface area (Å²) >= 11 is 2.95. The summed E-state index contributed by atoms with van der Waals surface area (Å²) in [6.45, 7) is -0.795. The SMILES string of the molecule is OCc1c(CBr)ncc(F)c1OC(F)(F)F. The topological polar surface area (TPSA) is 42.4 Å². The number of aromatic nitrogens is 1. The van der Waals surface area contributed by atoms with Crippen molar-refractivity contribution in [3.63, 3.8) is 0 Å². The van der Waals surface area contributed by atoms with Crippen LogP contribution in [0.25, 0.3) is 0 Å². The maximum Gasteiger partial charge on any atom is 0.573 e. The van der Waals surface area contributed by atoms with Crippen molar-refractivity contribution in [3.05, 3.63) is 23.3 Å². The van der Waals surface area contributed by atoms with Gasteiger partial charge in [0.2, 0.25) is 0 Å². The Kier molecular flexibility index (Phi) is 4.09. The van der Waals surface area contributed by atoms with Crippen LogP contribution in [0.1, 0.15) is 11.3 Å². The van der Waals surface area contributed by atoms with Crippen molar-refractivity contribution >= 4 is 15.9 Å². The molecule has 8 heteroatoms. The van der Waals surface area contributed by atoms with Gasteiger partial charge < -0.3 is 9.84 Å². The molecule has 1 heterocycles. The van der Waals surface area contributed by atoms with Gasteiger partial charge in [-0.2, -0.15) is 0 Å². The van der Waals surface area contributed by atoms with Crippen LogP contribution in [0.2, 0.25) is 0 Å². The number of rotatable bonds is 3. The average Bonchev–Trinajstić information content (AvgIpc) is 2.19. The number of hydrogen-bond donors (Lipinski definition) is 1. The van der Waals surface area contributed by atoms with Crippen LogP contribution >= 0.6 is 15.9 Å². The molecule has 0 spiro atoms. The van der Waals surface area contributed by atoms with E-state index in [0.29, 0.717) is 6.20 Å². The van der Waals surface area contributed by atoms with Crippen LogP contribution in [0, 0.1) is 5.82 Å². The van der Waals surface area contributed by atoms with Gasteiger partial charge in [-0.3, -0.25) is 4.98 Å². The van der Waals surface area contributed by atoms with Crippen LogP contribution in [0.4, 0.5) is 17.6 Å². The molecule has 1 aromatic heterocycles. The summed E-state index contributed by atoms with van der Waals surface area (Å²) in [6, 6.07) is 0. The van der Waals surface area contributed by atoms with E-state index in [2.05, 4.69) is 25.7 Å². The second-order valence-corrected chi connectivity index (χ2v) is 3.26. The van der Waals surface area contributed by atoms with E-state index < -0.39 is 24.5 Å². The van der Waals surface area contributed by atoms with Gasteiger partial charge >= 0.3 is 6.36 Å². The molecule has 0 amide bonds. The highest BCUT2D eigenvalue weighted by molar-refractivity contribution is 9.08. The lowest BCUT2D eigenvalue weighted by Crippen LogP contribution is -2.20. The molecule has 0 atom stereocenters. The van der Waals surface area contributed by atoms with Gasteiger partial charge in [-0.15, -0.1) is 13.2 Å². The first-order valence-electron chi connectivity index (χ1n) is 3.98. The van der Waals surface area contributed by atoms with Crippen molar-refractivity contribution in [3.8, 4) is 5.75 Å². The van der Waals surface area contributed by atoms with Crippen LogP contribution in [0.3, 0.4) is 0 Å². The minimum atomic E-state index is -5.02. The van der Waals surface area contributed by atoms with E-state index in [0.717, 1.165) is 0 Å². The third-order valence-corrected chi connectivity index (χ3v) is 2.21. The summed E-state index contributed by atoms with van der Waals surface area (Å²) in [5, 5.41) is 8.96. The van der Waals surface area contributed by atoms with Gasteiger partial charge in [0.25, 0.3) is 0 Å². The van der Waals surface area contributed by atoms with Crippen LogP contribution in [-0.4, -0.2) is 16.5 Å². The van der Waals surface area contributed by atoms with Gasteiger partial charge in [-0.25, -0.2) is 4.39 Å². The van der Waals surface area contributed by atoms with E-state index in [1.54, 1.807) is 0 Å². The van der Waals surface area contributed by atoms with E-state index in [4.69, 9.17) is 5.11 Å². The smallest absolute Gasteiger partial charge is 0.402 e. The fourth-order valence-corrected chi connectivity index (χ4v) is 1.53. The zero-order valence-electron chi connectivity index (χ0n) is 7.68. The lowest BCUT2D eigenvalue weighted by atomic mass is 10.2. The lowest BCUT2D eigenvalue weighted by molar-refractivity contribution is -0.276. The number of halogens is 5. The third-order valence-electron chi connectivity index (χ3n) is 1.68. The Morgan fingerprint density at radius 3 is 2.50 bits per heavy atom. The third kappa shape index (κ3) is 3.05. The molecule has 0 bridgehead atoms. The van der Waals surface area contributed by atoms with Crippen LogP contribution in [0.15, 0.2) is 6.20 Å². The second-order valence-electron chi connectivity index (χ2n) is 2.70. The summed E-state index contributed by atoms with van der Waals surface area (Å²) in [5.74, 6) is -2.31. The van der Waals surface area contributed by atoms with Gasteiger partial charge in [-0.05, 0) is 0 Å². The molecule has 0 radical (unpaired) electrons. The van der Waals surface area contributed by atoms with Crippen molar-refractivity contribution in [1.29, 1.82) is 0 Å². The lowest BCUT2D eigenvalue weighted by Gasteiger charge is -2.14. The first kappa shape index (κ1) is 13.2. The Labute approximate surface area is 96.2 Å². The number of alkyl halides is 4. The van der Waals surface area contributed by atoms with E-state index in [1.807, 2.05) is 0 Å². The summed E-state index contributed by atoms with van der Waals surface area (Å²) in [7, 11) is 0. The first-order valence-corrected chi connectivity index (χ1v) is 5.10.